The Morgan fingerprint density at radius 1 is 1.35 bits per heavy atom. The Balaban J connectivity index is 3.08. The first-order valence-corrected chi connectivity index (χ1v) is 6.99. The summed E-state index contributed by atoms with van der Waals surface area (Å²) in [6.07, 6.45) is 5.34. The van der Waals surface area contributed by atoms with Crippen LogP contribution in [0.4, 0.5) is 0 Å². The molecular formula is C10H20N3O3S+. The molecule has 0 bridgehead atoms. The second-order valence-corrected chi connectivity index (χ2v) is 5.63. The third-order valence-corrected chi connectivity index (χ3v) is 4.61. The van der Waals surface area contributed by atoms with Crippen molar-refractivity contribution < 1.29 is 17.1 Å². The molecule has 0 atom stereocenters. The van der Waals surface area contributed by atoms with Gasteiger partial charge in [0.05, 0.1) is 20.2 Å². The second kappa shape index (κ2) is 6.02. The Morgan fingerprint density at radius 2 is 1.94 bits per heavy atom. The summed E-state index contributed by atoms with van der Waals surface area (Å²) in [5, 5.41) is 0. The molecule has 0 aliphatic carbocycles. The standard InChI is InChI=1S/C10H20N3O3S/c1-10(16-2)13(9-6-11)17(14,15)12-7-4-3-5-8-12/h6,9H,3-5,7-8,11H2,1-2H3/q+1/b9-6-,13-10+. The molecule has 0 aromatic rings. The van der Waals surface area contributed by atoms with Crippen molar-refractivity contribution in [3.05, 3.63) is 12.4 Å². The third kappa shape index (κ3) is 3.19. The lowest BCUT2D eigenvalue weighted by atomic mass is 10.2. The number of piperidine rings is 1. The van der Waals surface area contributed by atoms with E-state index in [-0.39, 0.29) is 5.90 Å². The Labute approximate surface area is 103 Å². The van der Waals surface area contributed by atoms with Gasteiger partial charge in [-0.25, -0.2) is 0 Å². The molecule has 1 rings (SSSR count). The number of rotatable bonds is 3. The van der Waals surface area contributed by atoms with Gasteiger partial charge in [0.15, 0.2) is 0 Å². The predicted octanol–water partition coefficient (Wildman–Crippen LogP) is 0.224. The fourth-order valence-corrected chi connectivity index (χ4v) is 3.32. The number of nitrogens with two attached hydrogens (primary N) is 1. The highest BCUT2D eigenvalue weighted by Crippen LogP contribution is 2.14. The molecule has 0 spiro atoms. The van der Waals surface area contributed by atoms with E-state index in [1.54, 1.807) is 6.92 Å². The van der Waals surface area contributed by atoms with Crippen LogP contribution in [0.5, 0.6) is 0 Å². The van der Waals surface area contributed by atoms with Crippen LogP contribution in [0.3, 0.4) is 0 Å². The van der Waals surface area contributed by atoms with E-state index in [9.17, 15) is 8.42 Å². The molecule has 0 unspecified atom stereocenters. The fraction of sp³-hybridized carbons (Fsp3) is 0.700. The van der Waals surface area contributed by atoms with Crippen LogP contribution in [-0.4, -0.2) is 42.8 Å². The quantitative estimate of drug-likeness (QED) is 0.448. The summed E-state index contributed by atoms with van der Waals surface area (Å²) in [6.45, 7) is 2.68. The molecule has 1 aliphatic rings. The van der Waals surface area contributed by atoms with Gasteiger partial charge in [-0.3, -0.25) is 0 Å². The molecule has 2 N–H and O–H groups in total. The molecule has 0 radical (unpaired) electrons. The normalized spacial score (nSPS) is 20.4. The first-order valence-electron chi connectivity index (χ1n) is 5.59. The SMILES string of the molecule is CO/C(C)=[N+](\C=C/N)S(=O)(=O)N1CCCCC1. The number of hydrogen-bond acceptors (Lipinski definition) is 4. The lowest BCUT2D eigenvalue weighted by molar-refractivity contribution is -0.302. The van der Waals surface area contributed by atoms with Crippen molar-refractivity contribution in [3.63, 3.8) is 0 Å². The van der Waals surface area contributed by atoms with E-state index < -0.39 is 10.2 Å². The average molecular weight is 262 g/mol. The molecule has 98 valence electrons. The van der Waals surface area contributed by atoms with Crippen LogP contribution < -0.4 is 5.73 Å². The topological polar surface area (TPSA) is 75.6 Å². The monoisotopic (exact) mass is 262 g/mol. The smallest absolute Gasteiger partial charge is 0.450 e. The zero-order chi connectivity index (χ0) is 12.9. The van der Waals surface area contributed by atoms with Crippen LogP contribution in [0.15, 0.2) is 12.4 Å². The van der Waals surface area contributed by atoms with E-state index in [0.29, 0.717) is 13.1 Å². The molecule has 17 heavy (non-hydrogen) atoms. The lowest BCUT2D eigenvalue weighted by Crippen LogP contribution is -2.42. The third-order valence-electron chi connectivity index (χ3n) is 2.72. The molecular weight excluding hydrogens is 242 g/mol. The van der Waals surface area contributed by atoms with Gasteiger partial charge in [0.1, 0.15) is 0 Å². The maximum absolute atomic E-state index is 12.3. The minimum absolute atomic E-state index is 0.275. The van der Waals surface area contributed by atoms with Crippen molar-refractivity contribution >= 4 is 16.1 Å². The van der Waals surface area contributed by atoms with Crippen LogP contribution in [0.1, 0.15) is 26.2 Å². The van der Waals surface area contributed by atoms with Gasteiger partial charge in [0.25, 0.3) is 0 Å². The van der Waals surface area contributed by atoms with Crippen molar-refractivity contribution in [1.82, 2.24) is 4.31 Å². The zero-order valence-corrected chi connectivity index (χ0v) is 11.1. The summed E-state index contributed by atoms with van der Waals surface area (Å²) in [6, 6.07) is 0. The maximum Gasteiger partial charge on any atom is 0.450 e. The molecule has 0 amide bonds. The van der Waals surface area contributed by atoms with Crippen LogP contribution in [-0.2, 0) is 14.9 Å². The minimum Gasteiger partial charge on any atom is -0.450 e. The highest BCUT2D eigenvalue weighted by molar-refractivity contribution is 7.83. The van der Waals surface area contributed by atoms with Crippen molar-refractivity contribution in [3.8, 4) is 0 Å². The number of methoxy groups -OCH3 is 1. The van der Waals surface area contributed by atoms with E-state index in [0.717, 1.165) is 23.2 Å². The van der Waals surface area contributed by atoms with Crippen molar-refractivity contribution in [2.45, 2.75) is 26.2 Å². The Hall–Kier alpha value is -1.08. The van der Waals surface area contributed by atoms with Crippen molar-refractivity contribution in [2.75, 3.05) is 20.2 Å². The first-order chi connectivity index (χ1) is 8.04. The maximum atomic E-state index is 12.3. The molecule has 0 saturated carbocycles. The van der Waals surface area contributed by atoms with Crippen LogP contribution in [0, 0.1) is 0 Å². The van der Waals surface area contributed by atoms with E-state index in [4.69, 9.17) is 10.5 Å². The Morgan fingerprint density at radius 3 is 2.41 bits per heavy atom. The average Bonchev–Trinajstić information content (AvgIpc) is 2.36. The van der Waals surface area contributed by atoms with Gasteiger partial charge in [-0.1, -0.05) is 6.42 Å². The van der Waals surface area contributed by atoms with Crippen molar-refractivity contribution in [1.29, 1.82) is 0 Å². The molecule has 6 nitrogen and oxygen atoms in total. The molecule has 0 aromatic heterocycles. The van der Waals surface area contributed by atoms with E-state index in [2.05, 4.69) is 0 Å². The molecule has 0 aromatic carbocycles. The largest absolute Gasteiger partial charge is 0.450 e. The summed E-state index contributed by atoms with van der Waals surface area (Å²) in [4.78, 5) is 0. The van der Waals surface area contributed by atoms with Crippen molar-refractivity contribution in [2.24, 2.45) is 5.73 Å². The van der Waals surface area contributed by atoms with E-state index in [1.165, 1.54) is 23.8 Å². The highest BCUT2D eigenvalue weighted by atomic mass is 32.2. The lowest BCUT2D eigenvalue weighted by Gasteiger charge is -2.22. The van der Waals surface area contributed by atoms with Crippen LogP contribution in [0.25, 0.3) is 0 Å². The fourth-order valence-electron chi connectivity index (χ4n) is 1.73. The van der Waals surface area contributed by atoms with Gasteiger partial charge < -0.3 is 10.5 Å². The molecule has 1 fully saturated rings. The minimum atomic E-state index is -3.56. The van der Waals surface area contributed by atoms with Crippen LogP contribution in [0.2, 0.25) is 0 Å². The highest BCUT2D eigenvalue weighted by Gasteiger charge is 2.35. The molecule has 7 heteroatoms. The molecule has 1 aliphatic heterocycles. The Bertz CT molecular complexity index is 409. The van der Waals surface area contributed by atoms with E-state index in [1.807, 2.05) is 0 Å². The van der Waals surface area contributed by atoms with Gasteiger partial charge in [0.2, 0.25) is 6.20 Å². The summed E-state index contributed by atoms with van der Waals surface area (Å²) < 4.78 is 32.1. The summed E-state index contributed by atoms with van der Waals surface area (Å²) in [5.74, 6) is 0.275. The number of nitrogens with zero attached hydrogens (tertiary/aromatic N) is 2. The van der Waals surface area contributed by atoms with Gasteiger partial charge in [-0.2, -0.15) is 0 Å². The predicted molar refractivity (Wildman–Crippen MR) is 65.6 cm³/mol. The van der Waals surface area contributed by atoms with Gasteiger partial charge >= 0.3 is 16.1 Å². The second-order valence-electron chi connectivity index (χ2n) is 3.83. The first kappa shape index (κ1) is 14.0. The van der Waals surface area contributed by atoms with Gasteiger partial charge in [-0.05, 0) is 16.8 Å². The number of ether oxygens (including phenoxy) is 1. The summed E-state index contributed by atoms with van der Waals surface area (Å²) in [7, 11) is -2.13. The molecule has 1 heterocycles. The Kier molecular flexibility index (Phi) is 4.95. The zero-order valence-electron chi connectivity index (χ0n) is 10.3. The summed E-state index contributed by atoms with van der Waals surface area (Å²) in [5.41, 5.74) is 5.27. The number of hydrogen-bond donors (Lipinski definition) is 1. The summed E-state index contributed by atoms with van der Waals surface area (Å²) >= 11 is 0. The van der Waals surface area contributed by atoms with Gasteiger partial charge in [0, 0.05) is 13.1 Å². The molecule has 1 saturated heterocycles. The van der Waals surface area contributed by atoms with Gasteiger partial charge in [-0.15, -0.1) is 12.7 Å². The van der Waals surface area contributed by atoms with E-state index >= 15 is 0 Å². The van der Waals surface area contributed by atoms with Crippen LogP contribution >= 0.6 is 0 Å².